The molecule has 0 spiro atoms. The van der Waals surface area contributed by atoms with E-state index in [2.05, 4.69) is 129 Å². The summed E-state index contributed by atoms with van der Waals surface area (Å²) in [6.07, 6.45) is 31.4. The van der Waals surface area contributed by atoms with E-state index < -0.39 is 106 Å². The summed E-state index contributed by atoms with van der Waals surface area (Å²) in [6.45, 7) is 42.3. The standard InChI is InChI=1S/C78H172N4O17Si6/c1-18-21-24-27-30-33-36-39-42-45-48-55-92-64-71(84)58-79-51-53-81(61-72(85)65-93-56-49-46-43-40-37-34-31-28-25-22-19-2)59-69(4)67-104(16,96-101(9,10)11)98-103(14,15)99-105(17,97-102(12,13)95-100(6,7)8)68-70(5)60-82(54-52-80-78(91)77(90)76(89)75(88)74(87)63-83)62-73(86)66-94-57-50-47-44-41-38-35-32-29-26-23-20-3/h69-77,79,83-90H,18-68H2,1-17H3,(H,80,91). The van der Waals surface area contributed by atoms with Crippen LogP contribution in [0.4, 0.5) is 0 Å². The van der Waals surface area contributed by atoms with Crippen LogP contribution in [-0.4, -0.2) is 255 Å². The smallest absolute Gasteiger partial charge is 0.317 e. The molecule has 0 aromatic rings. The molecule has 0 radical (unpaired) electrons. The Kier molecular flexibility index (Phi) is 62.4. The molecule has 0 aliphatic carbocycles. The molecule has 0 aliphatic rings. The van der Waals surface area contributed by atoms with Crippen LogP contribution >= 0.6 is 0 Å². The quantitative estimate of drug-likeness (QED) is 0.0200. The summed E-state index contributed by atoms with van der Waals surface area (Å²) in [7, 11) is -16.7. The lowest BCUT2D eigenvalue weighted by Crippen LogP contribution is -2.62. The van der Waals surface area contributed by atoms with Gasteiger partial charge in [0.1, 0.15) is 18.3 Å². The summed E-state index contributed by atoms with van der Waals surface area (Å²) in [4.78, 5) is 17.5. The molecule has 0 rings (SSSR count). The van der Waals surface area contributed by atoms with Gasteiger partial charge in [0.05, 0.1) is 44.7 Å². The highest BCUT2D eigenvalue weighted by Gasteiger charge is 2.51. The molecule has 0 aromatic heterocycles. The zero-order chi connectivity index (χ0) is 79.1. The molecular formula is C78H172N4O17Si6. The number of nitrogens with zero attached hydrogens (tertiary/aromatic N) is 2. The fourth-order valence-corrected chi connectivity index (χ4v) is 44.5. The number of aliphatic hydroxyl groups excluding tert-OH is 8. The summed E-state index contributed by atoms with van der Waals surface area (Å²) >= 11 is 0. The van der Waals surface area contributed by atoms with Crippen molar-refractivity contribution in [1.82, 2.24) is 20.4 Å². The maximum absolute atomic E-state index is 13.2. The van der Waals surface area contributed by atoms with Crippen molar-refractivity contribution in [2.24, 2.45) is 11.8 Å². The van der Waals surface area contributed by atoms with Gasteiger partial charge >= 0.3 is 34.2 Å². The Balaban J connectivity index is 6.60. The molecule has 630 valence electrons. The van der Waals surface area contributed by atoms with Crippen molar-refractivity contribution in [1.29, 1.82) is 0 Å². The van der Waals surface area contributed by atoms with Gasteiger partial charge in [-0.3, -0.25) is 14.6 Å². The molecule has 0 heterocycles. The van der Waals surface area contributed by atoms with Crippen molar-refractivity contribution >= 4 is 56.8 Å². The average Bonchev–Trinajstić information content (AvgIpc) is 0.793. The van der Waals surface area contributed by atoms with Crippen molar-refractivity contribution in [3.05, 3.63) is 0 Å². The maximum atomic E-state index is 13.2. The van der Waals surface area contributed by atoms with Crippen molar-refractivity contribution in [3.63, 3.8) is 0 Å². The second-order valence-electron chi connectivity index (χ2n) is 34.4. The van der Waals surface area contributed by atoms with Gasteiger partial charge in [0, 0.05) is 78.7 Å². The van der Waals surface area contributed by atoms with Crippen molar-refractivity contribution < 1.29 is 80.4 Å². The van der Waals surface area contributed by atoms with Crippen LogP contribution in [0.25, 0.3) is 0 Å². The highest BCUT2D eigenvalue weighted by molar-refractivity contribution is 6.91. The largest absolute Gasteiger partial charge is 0.437 e. The highest BCUT2D eigenvalue weighted by atomic mass is 28.5. The average molecular weight is 1610 g/mol. The SMILES string of the molecule is CCCCCCCCCCCCCOCC(O)CNCCN(CC(C)C[Si](C)(O[Si](C)(C)C)O[Si](C)(C)O[Si](C)(CC(C)CN(CCNC(=O)C(O)C(O)C(O)C(O)CO)CC(O)COCCCCCCCCCCCCC)O[Si](C)(C)O[Si](C)(C)C)CC(O)COCCCCCCCCCCCCC. The first-order valence-corrected chi connectivity index (χ1v) is 60.1. The maximum Gasteiger partial charge on any atom is 0.317 e. The second-order valence-corrected chi connectivity index (χ2v) is 57.9. The molecule has 0 fully saturated rings. The molecule has 11 unspecified atom stereocenters. The minimum atomic E-state index is -3.28. The third-order valence-electron chi connectivity index (χ3n) is 18.8. The van der Waals surface area contributed by atoms with Crippen molar-refractivity contribution in [3.8, 4) is 0 Å². The molecule has 0 bridgehead atoms. The van der Waals surface area contributed by atoms with Crippen LogP contribution in [0.1, 0.15) is 247 Å². The van der Waals surface area contributed by atoms with E-state index in [4.69, 9.17) is 34.8 Å². The highest BCUT2D eigenvalue weighted by Crippen LogP contribution is 2.34. The summed E-state index contributed by atoms with van der Waals surface area (Å²) in [5, 5.41) is 90.9. The number of hydrogen-bond acceptors (Lipinski definition) is 20. The van der Waals surface area contributed by atoms with Crippen LogP contribution in [0, 0.1) is 11.8 Å². The van der Waals surface area contributed by atoms with Gasteiger partial charge in [-0.05, 0) is 122 Å². The number of carbonyl (C=O) groups is 1. The monoisotopic (exact) mass is 1610 g/mol. The molecule has 0 aromatic carbocycles. The first kappa shape index (κ1) is 105. The molecule has 1 amide bonds. The van der Waals surface area contributed by atoms with Crippen molar-refractivity contribution in [2.75, 3.05) is 105 Å². The van der Waals surface area contributed by atoms with Crippen LogP contribution in [0.3, 0.4) is 0 Å². The second kappa shape index (κ2) is 62.4. The first-order valence-electron chi connectivity index (χ1n) is 42.6. The molecule has 0 saturated carbocycles. The van der Waals surface area contributed by atoms with Gasteiger partial charge in [0.25, 0.3) is 5.91 Å². The number of amides is 1. The predicted octanol–water partition coefficient (Wildman–Crippen LogP) is 14.4. The Hall–Kier alpha value is 0.0113. The normalized spacial score (nSPS) is 16.6. The van der Waals surface area contributed by atoms with Crippen LogP contribution in [-0.2, 0) is 39.6 Å². The lowest BCUT2D eigenvalue weighted by Gasteiger charge is -2.46. The van der Waals surface area contributed by atoms with Gasteiger partial charge in [-0.25, -0.2) is 0 Å². The van der Waals surface area contributed by atoms with E-state index in [1.807, 2.05) is 4.90 Å². The zero-order valence-corrected chi connectivity index (χ0v) is 76.9. The molecule has 10 N–H and O–H groups in total. The van der Waals surface area contributed by atoms with Gasteiger partial charge in [-0.15, -0.1) is 0 Å². The summed E-state index contributed by atoms with van der Waals surface area (Å²) in [6, 6.07) is 1.21. The topological polar surface area (TPSA) is 283 Å². The Morgan fingerprint density at radius 2 is 0.686 bits per heavy atom. The lowest BCUT2D eigenvalue weighted by molar-refractivity contribution is -0.148. The van der Waals surface area contributed by atoms with Gasteiger partial charge in [-0.2, -0.15) is 0 Å². The van der Waals surface area contributed by atoms with E-state index in [0.29, 0.717) is 77.8 Å². The molecular weight excluding hydrogens is 1430 g/mol. The third-order valence-corrected chi connectivity index (χ3v) is 41.4. The Morgan fingerprint density at radius 3 is 1.02 bits per heavy atom. The van der Waals surface area contributed by atoms with Crippen molar-refractivity contribution in [2.45, 2.75) is 380 Å². The van der Waals surface area contributed by atoms with E-state index >= 15 is 0 Å². The van der Waals surface area contributed by atoms with Crippen LogP contribution in [0.15, 0.2) is 0 Å². The number of nitrogens with one attached hydrogen (secondary N) is 2. The van der Waals surface area contributed by atoms with Crippen LogP contribution in [0.5, 0.6) is 0 Å². The third kappa shape index (κ3) is 62.1. The van der Waals surface area contributed by atoms with E-state index in [9.17, 15) is 45.6 Å². The molecule has 105 heavy (non-hydrogen) atoms. The zero-order valence-electron chi connectivity index (χ0n) is 70.9. The Labute approximate surface area is 650 Å². The van der Waals surface area contributed by atoms with Gasteiger partial charge in [-0.1, -0.05) is 227 Å². The van der Waals surface area contributed by atoms with Gasteiger partial charge in [0.2, 0.25) is 0 Å². The van der Waals surface area contributed by atoms with Gasteiger partial charge < -0.3 is 86.3 Å². The number of unbranched alkanes of at least 4 members (excludes halogenated alkanes) is 30. The first-order chi connectivity index (χ1) is 49.5. The number of ether oxygens (including phenoxy) is 3. The summed E-state index contributed by atoms with van der Waals surface area (Å²) in [5.74, 6) is -0.952. The Morgan fingerprint density at radius 1 is 0.381 bits per heavy atom. The minimum Gasteiger partial charge on any atom is -0.437 e. The molecule has 0 aliphatic heterocycles. The summed E-state index contributed by atoms with van der Waals surface area (Å²) < 4.78 is 54.7. The Bertz CT molecular complexity index is 2020. The van der Waals surface area contributed by atoms with E-state index in [-0.39, 0.29) is 44.7 Å². The van der Waals surface area contributed by atoms with Crippen LogP contribution in [0.2, 0.25) is 90.7 Å². The molecule has 0 saturated heterocycles. The fraction of sp³-hybridized carbons (Fsp3) is 0.987. The number of hydrogen-bond donors (Lipinski definition) is 10. The van der Waals surface area contributed by atoms with E-state index in [0.717, 1.165) is 44.9 Å². The molecule has 11 atom stereocenters. The summed E-state index contributed by atoms with van der Waals surface area (Å²) in [5.41, 5.74) is 0. The number of aliphatic hydroxyl groups is 8. The fourth-order valence-electron chi connectivity index (χ4n) is 14.6. The van der Waals surface area contributed by atoms with E-state index in [1.54, 1.807) is 0 Å². The number of rotatable bonds is 77. The molecule has 27 heteroatoms. The van der Waals surface area contributed by atoms with Gasteiger partial charge in [0.15, 0.2) is 22.7 Å². The minimum absolute atomic E-state index is 0.0151. The lowest BCUT2D eigenvalue weighted by atomic mass is 10.0. The van der Waals surface area contributed by atoms with Crippen LogP contribution < -0.4 is 10.6 Å². The van der Waals surface area contributed by atoms with E-state index in [1.165, 1.54) is 167 Å². The predicted molar refractivity (Wildman–Crippen MR) is 448 cm³/mol. The number of carbonyl (C=O) groups excluding carboxylic acids is 1. The molecule has 21 nitrogen and oxygen atoms in total.